The van der Waals surface area contributed by atoms with Crippen LogP contribution in [0.4, 0.5) is 10.1 Å². The molecule has 1 aliphatic rings. The molecule has 1 fully saturated rings. The minimum absolute atomic E-state index is 0.113. The molecule has 1 N–H and O–H groups in total. The van der Waals surface area contributed by atoms with Crippen molar-refractivity contribution in [3.8, 4) is 0 Å². The predicted molar refractivity (Wildman–Crippen MR) is 89.1 cm³/mol. The molecule has 3 rings (SSSR count). The molecule has 1 atom stereocenters. The average molecular weight is 345 g/mol. The predicted octanol–water partition coefficient (Wildman–Crippen LogP) is 1.41. The zero-order valence-electron chi connectivity index (χ0n) is 14.2. The molecule has 25 heavy (non-hydrogen) atoms. The van der Waals surface area contributed by atoms with E-state index in [0.29, 0.717) is 23.6 Å². The average Bonchev–Trinajstić information content (AvgIpc) is 3.21. The van der Waals surface area contributed by atoms with Crippen LogP contribution < -0.4 is 10.2 Å². The summed E-state index contributed by atoms with van der Waals surface area (Å²) >= 11 is 0. The van der Waals surface area contributed by atoms with Crippen LogP contribution in [0.5, 0.6) is 0 Å². The van der Waals surface area contributed by atoms with Gasteiger partial charge in [0.25, 0.3) is 0 Å². The highest BCUT2D eigenvalue weighted by Crippen LogP contribution is 2.26. The molecule has 7 nitrogen and oxygen atoms in total. The van der Waals surface area contributed by atoms with Crippen LogP contribution in [0.1, 0.15) is 24.7 Å². The van der Waals surface area contributed by atoms with E-state index in [4.69, 9.17) is 0 Å². The maximum absolute atomic E-state index is 13.7. The van der Waals surface area contributed by atoms with Crippen LogP contribution in [0.2, 0.25) is 0 Å². The highest BCUT2D eigenvalue weighted by Gasteiger charge is 2.35. The lowest BCUT2D eigenvalue weighted by Crippen LogP contribution is -2.33. The summed E-state index contributed by atoms with van der Waals surface area (Å²) in [5.74, 6) is -0.557. The molecule has 1 aliphatic heterocycles. The number of carbonyl (C=O) groups excluding carboxylic acids is 2. The number of benzene rings is 1. The summed E-state index contributed by atoms with van der Waals surface area (Å²) < 4.78 is 15.6. The smallest absolute Gasteiger partial charge is 0.227 e. The number of carbonyl (C=O) groups is 2. The third-order valence-electron chi connectivity index (χ3n) is 4.42. The lowest BCUT2D eigenvalue weighted by Gasteiger charge is -2.17. The first kappa shape index (κ1) is 17.1. The molecule has 1 aromatic heterocycles. The number of aryl methyl sites for hydroxylation is 2. The fraction of sp³-hybridized carbons (Fsp3) is 0.412. The van der Waals surface area contributed by atoms with Crippen LogP contribution >= 0.6 is 0 Å². The van der Waals surface area contributed by atoms with Gasteiger partial charge in [0.05, 0.1) is 12.5 Å². The Labute approximate surface area is 144 Å². The highest BCUT2D eigenvalue weighted by atomic mass is 19.1. The van der Waals surface area contributed by atoms with Gasteiger partial charge in [-0.3, -0.25) is 9.59 Å². The fourth-order valence-corrected chi connectivity index (χ4v) is 2.87. The Balaban J connectivity index is 1.63. The van der Waals surface area contributed by atoms with Crippen molar-refractivity contribution >= 4 is 17.5 Å². The van der Waals surface area contributed by atoms with Gasteiger partial charge in [0.1, 0.15) is 12.1 Å². The van der Waals surface area contributed by atoms with Crippen molar-refractivity contribution in [2.75, 3.05) is 11.4 Å². The molecule has 0 spiro atoms. The molecule has 0 aliphatic carbocycles. The molecule has 2 amide bonds. The van der Waals surface area contributed by atoms with Crippen molar-refractivity contribution in [2.24, 2.45) is 5.92 Å². The number of halogens is 1. The van der Waals surface area contributed by atoms with E-state index in [0.717, 1.165) is 0 Å². The quantitative estimate of drug-likeness (QED) is 0.889. The molecule has 1 unspecified atom stereocenters. The molecular weight excluding hydrogens is 325 g/mol. The van der Waals surface area contributed by atoms with E-state index < -0.39 is 5.92 Å². The lowest BCUT2D eigenvalue weighted by atomic mass is 10.1. The van der Waals surface area contributed by atoms with Gasteiger partial charge in [0, 0.05) is 25.2 Å². The molecule has 0 saturated carbocycles. The summed E-state index contributed by atoms with van der Waals surface area (Å²) in [7, 11) is 0. The van der Waals surface area contributed by atoms with E-state index >= 15 is 0 Å². The minimum Gasteiger partial charge on any atom is -0.348 e. The SMILES string of the molecule is CCn1cnnc1CNC(=O)C1CC(=O)N(c2ccc(C)c(F)c2)C1. The Morgan fingerprint density at radius 2 is 2.24 bits per heavy atom. The van der Waals surface area contributed by atoms with E-state index in [9.17, 15) is 14.0 Å². The van der Waals surface area contributed by atoms with Gasteiger partial charge < -0.3 is 14.8 Å². The Morgan fingerprint density at radius 3 is 2.96 bits per heavy atom. The lowest BCUT2D eigenvalue weighted by molar-refractivity contribution is -0.126. The number of anilines is 1. The maximum Gasteiger partial charge on any atom is 0.227 e. The summed E-state index contributed by atoms with van der Waals surface area (Å²) in [5, 5.41) is 10.6. The Bertz CT molecular complexity index is 804. The summed E-state index contributed by atoms with van der Waals surface area (Å²) in [6.45, 7) is 4.84. The second kappa shape index (κ2) is 7.00. The Kier molecular flexibility index (Phi) is 4.78. The van der Waals surface area contributed by atoms with Crippen molar-refractivity contribution in [1.29, 1.82) is 0 Å². The van der Waals surface area contributed by atoms with E-state index in [1.165, 1.54) is 11.0 Å². The van der Waals surface area contributed by atoms with Crippen LogP contribution in [-0.2, 0) is 22.7 Å². The Morgan fingerprint density at radius 1 is 1.44 bits per heavy atom. The summed E-state index contributed by atoms with van der Waals surface area (Å²) in [6, 6.07) is 4.65. The van der Waals surface area contributed by atoms with Gasteiger partial charge in [-0.05, 0) is 31.5 Å². The third-order valence-corrected chi connectivity index (χ3v) is 4.42. The molecule has 8 heteroatoms. The number of amides is 2. The van der Waals surface area contributed by atoms with Gasteiger partial charge in [-0.15, -0.1) is 10.2 Å². The molecule has 132 valence electrons. The second-order valence-corrected chi connectivity index (χ2v) is 6.09. The zero-order valence-corrected chi connectivity index (χ0v) is 14.2. The summed E-state index contributed by atoms with van der Waals surface area (Å²) in [4.78, 5) is 26.0. The monoisotopic (exact) mass is 345 g/mol. The summed E-state index contributed by atoms with van der Waals surface area (Å²) in [6.07, 6.45) is 1.72. The molecule has 1 aromatic carbocycles. The van der Waals surface area contributed by atoms with Crippen molar-refractivity contribution in [2.45, 2.75) is 33.4 Å². The Hall–Kier alpha value is -2.77. The maximum atomic E-state index is 13.7. The normalized spacial score (nSPS) is 17.2. The topological polar surface area (TPSA) is 80.1 Å². The highest BCUT2D eigenvalue weighted by molar-refractivity contribution is 6.00. The molecule has 0 radical (unpaired) electrons. The van der Waals surface area contributed by atoms with Gasteiger partial charge in [-0.2, -0.15) is 0 Å². The first-order valence-corrected chi connectivity index (χ1v) is 8.20. The van der Waals surface area contributed by atoms with E-state index in [1.54, 1.807) is 25.4 Å². The number of nitrogens with zero attached hydrogens (tertiary/aromatic N) is 4. The van der Waals surface area contributed by atoms with Gasteiger partial charge in [-0.25, -0.2) is 4.39 Å². The molecule has 2 heterocycles. The van der Waals surface area contributed by atoms with Crippen molar-refractivity contribution < 1.29 is 14.0 Å². The van der Waals surface area contributed by atoms with Crippen molar-refractivity contribution in [1.82, 2.24) is 20.1 Å². The number of aromatic nitrogens is 3. The van der Waals surface area contributed by atoms with Crippen LogP contribution in [0.15, 0.2) is 24.5 Å². The van der Waals surface area contributed by atoms with Crippen LogP contribution in [0.3, 0.4) is 0 Å². The first-order chi connectivity index (χ1) is 12.0. The first-order valence-electron chi connectivity index (χ1n) is 8.20. The molecule has 0 bridgehead atoms. The van der Waals surface area contributed by atoms with Gasteiger partial charge >= 0.3 is 0 Å². The second-order valence-electron chi connectivity index (χ2n) is 6.09. The number of hydrogen-bond donors (Lipinski definition) is 1. The minimum atomic E-state index is -0.463. The van der Waals surface area contributed by atoms with Gasteiger partial charge in [0.2, 0.25) is 11.8 Å². The number of hydrogen-bond acceptors (Lipinski definition) is 4. The van der Waals surface area contributed by atoms with E-state index in [1.807, 2.05) is 11.5 Å². The summed E-state index contributed by atoms with van der Waals surface area (Å²) in [5.41, 5.74) is 0.999. The van der Waals surface area contributed by atoms with Crippen molar-refractivity contribution in [3.05, 3.63) is 41.7 Å². The molecular formula is C17H20FN5O2. The molecule has 1 saturated heterocycles. The standard InChI is InChI=1S/C17H20FN5O2/c1-3-22-10-20-21-15(22)8-19-17(25)12-6-16(24)23(9-12)13-5-4-11(2)14(18)7-13/h4-5,7,10,12H,3,6,8-9H2,1-2H3,(H,19,25). The van der Waals surface area contributed by atoms with Gasteiger partial charge in [0.15, 0.2) is 5.82 Å². The van der Waals surface area contributed by atoms with Crippen LogP contribution in [0.25, 0.3) is 0 Å². The largest absolute Gasteiger partial charge is 0.348 e. The van der Waals surface area contributed by atoms with Crippen molar-refractivity contribution in [3.63, 3.8) is 0 Å². The molecule has 2 aromatic rings. The zero-order chi connectivity index (χ0) is 18.0. The van der Waals surface area contributed by atoms with E-state index in [-0.39, 0.29) is 37.1 Å². The van der Waals surface area contributed by atoms with Crippen LogP contribution in [0, 0.1) is 18.7 Å². The van der Waals surface area contributed by atoms with E-state index in [2.05, 4.69) is 15.5 Å². The fourth-order valence-electron chi connectivity index (χ4n) is 2.87. The third kappa shape index (κ3) is 3.52. The number of nitrogens with one attached hydrogen (secondary N) is 1. The van der Waals surface area contributed by atoms with Gasteiger partial charge in [-0.1, -0.05) is 6.07 Å². The number of rotatable bonds is 5. The van der Waals surface area contributed by atoms with Crippen LogP contribution in [-0.4, -0.2) is 33.1 Å².